The van der Waals surface area contributed by atoms with Gasteiger partial charge in [0.05, 0.1) is 26.2 Å². The van der Waals surface area contributed by atoms with Crippen molar-refractivity contribution in [1.82, 2.24) is 4.90 Å². The Kier molecular flexibility index (Phi) is 13.8. The molecular formula is C9H18N2NaO5. The molecule has 0 aliphatic heterocycles. The van der Waals surface area contributed by atoms with E-state index in [-0.39, 0.29) is 49.1 Å². The minimum absolute atomic E-state index is 0. The quantitative estimate of drug-likeness (QED) is 0.320. The van der Waals surface area contributed by atoms with E-state index < -0.39 is 11.9 Å². The summed E-state index contributed by atoms with van der Waals surface area (Å²) in [7, 11) is 0. The van der Waals surface area contributed by atoms with E-state index in [4.69, 9.17) is 20.7 Å². The molecule has 0 aromatic rings. The summed E-state index contributed by atoms with van der Waals surface area (Å²) in [5.74, 6) is -1.83. The van der Waals surface area contributed by atoms with Gasteiger partial charge in [-0.2, -0.15) is 0 Å². The molecule has 0 aromatic heterocycles. The van der Waals surface area contributed by atoms with E-state index in [1.165, 1.54) is 0 Å². The van der Waals surface area contributed by atoms with E-state index in [9.17, 15) is 9.59 Å². The van der Waals surface area contributed by atoms with Crippen LogP contribution in [0.1, 0.15) is 6.42 Å². The van der Waals surface area contributed by atoms with Gasteiger partial charge in [0.2, 0.25) is 0 Å². The normalized spacial score (nSPS) is 10.0. The molecule has 8 heteroatoms. The monoisotopic (exact) mass is 257 g/mol. The second kappa shape index (κ2) is 12.3. The Bertz CT molecular complexity index is 227. The third kappa shape index (κ3) is 13.8. The van der Waals surface area contributed by atoms with Crippen LogP contribution in [0.2, 0.25) is 0 Å². The summed E-state index contributed by atoms with van der Waals surface area (Å²) < 4.78 is 5.05. The molecule has 0 aliphatic carbocycles. The van der Waals surface area contributed by atoms with Crippen molar-refractivity contribution in [3.05, 3.63) is 0 Å². The Morgan fingerprint density at radius 1 is 1.12 bits per heavy atom. The van der Waals surface area contributed by atoms with Gasteiger partial charge in [-0.1, -0.05) is 0 Å². The van der Waals surface area contributed by atoms with Gasteiger partial charge >= 0.3 is 11.9 Å². The van der Waals surface area contributed by atoms with Crippen molar-refractivity contribution in [2.45, 2.75) is 6.42 Å². The van der Waals surface area contributed by atoms with Gasteiger partial charge in [0.15, 0.2) is 0 Å². The van der Waals surface area contributed by atoms with E-state index in [2.05, 4.69) is 0 Å². The number of carboxylic acids is 2. The minimum atomic E-state index is -0.918. The topological polar surface area (TPSA) is 113 Å². The van der Waals surface area contributed by atoms with Crippen molar-refractivity contribution < 1.29 is 24.5 Å². The fraction of sp³-hybridized carbons (Fsp3) is 0.778. The molecule has 0 saturated carbocycles. The number of carboxylic acid groups (broad SMARTS) is 2. The first-order valence-corrected chi connectivity index (χ1v) is 5.00. The molecule has 4 N–H and O–H groups in total. The maximum atomic E-state index is 10.5. The molecule has 0 spiro atoms. The Hall–Kier alpha value is -0.180. The van der Waals surface area contributed by atoms with Crippen molar-refractivity contribution in [3.8, 4) is 0 Å². The average Bonchev–Trinajstić information content (AvgIpc) is 2.16. The first-order chi connectivity index (χ1) is 7.56. The number of nitrogens with two attached hydrogens (primary N) is 1. The van der Waals surface area contributed by atoms with Gasteiger partial charge < -0.3 is 20.7 Å². The summed E-state index contributed by atoms with van der Waals surface area (Å²) in [6, 6.07) is 0. The molecule has 0 aliphatic rings. The van der Waals surface area contributed by atoms with Crippen molar-refractivity contribution in [2.75, 3.05) is 39.4 Å². The summed E-state index contributed by atoms with van der Waals surface area (Å²) >= 11 is 0. The molecule has 0 unspecified atom stereocenters. The molecule has 0 heterocycles. The van der Waals surface area contributed by atoms with E-state index in [0.717, 1.165) is 0 Å². The standard InChI is InChI=1S/C9H18N2O5.Na/c10-2-3-11(7-9(14)15)4-6-16-5-1-8(12)13;/h1-7,10H2,(H,12,13)(H,14,15);. The number of aliphatic carboxylic acids is 2. The van der Waals surface area contributed by atoms with Crippen LogP contribution in [0.25, 0.3) is 0 Å². The molecule has 0 fully saturated rings. The van der Waals surface area contributed by atoms with Crippen LogP contribution in [-0.4, -0.2) is 96.0 Å². The molecule has 0 bridgehead atoms. The fourth-order valence-electron chi connectivity index (χ4n) is 1.10. The Morgan fingerprint density at radius 2 is 1.76 bits per heavy atom. The second-order valence-electron chi connectivity index (χ2n) is 3.21. The SMILES string of the molecule is NCCN(CCOCCC(=O)O)CC(=O)O.[Na]. The van der Waals surface area contributed by atoms with Gasteiger partial charge in [0.25, 0.3) is 0 Å². The average molecular weight is 257 g/mol. The molecule has 0 amide bonds. The number of ether oxygens (including phenoxy) is 1. The zero-order valence-electron chi connectivity index (χ0n) is 10.1. The van der Waals surface area contributed by atoms with Gasteiger partial charge in [-0.05, 0) is 0 Å². The zero-order valence-corrected chi connectivity index (χ0v) is 12.1. The predicted octanol–water partition coefficient (Wildman–Crippen LogP) is -1.56. The Morgan fingerprint density at radius 3 is 2.24 bits per heavy atom. The number of nitrogens with zero attached hydrogens (tertiary/aromatic N) is 1. The van der Waals surface area contributed by atoms with Crippen LogP contribution in [0, 0.1) is 0 Å². The van der Waals surface area contributed by atoms with E-state index in [1.54, 1.807) is 4.90 Å². The Labute approximate surface area is 122 Å². The van der Waals surface area contributed by atoms with Gasteiger partial charge in [-0.25, -0.2) is 0 Å². The number of hydrogen-bond donors (Lipinski definition) is 3. The molecule has 0 rings (SSSR count). The van der Waals surface area contributed by atoms with Crippen LogP contribution >= 0.6 is 0 Å². The number of carbonyl (C=O) groups is 2. The van der Waals surface area contributed by atoms with Crippen molar-refractivity contribution >= 4 is 41.5 Å². The molecule has 95 valence electrons. The maximum absolute atomic E-state index is 10.5. The first kappa shape index (κ1) is 19.2. The van der Waals surface area contributed by atoms with Crippen LogP contribution in [-0.2, 0) is 14.3 Å². The van der Waals surface area contributed by atoms with E-state index in [1.807, 2.05) is 0 Å². The van der Waals surface area contributed by atoms with Gasteiger partial charge in [0, 0.05) is 49.2 Å². The Balaban J connectivity index is 0. The third-order valence-corrected chi connectivity index (χ3v) is 1.82. The van der Waals surface area contributed by atoms with Crippen LogP contribution in [0.5, 0.6) is 0 Å². The van der Waals surface area contributed by atoms with Crippen molar-refractivity contribution in [3.63, 3.8) is 0 Å². The summed E-state index contributed by atoms with van der Waals surface area (Å²) in [4.78, 5) is 22.3. The van der Waals surface area contributed by atoms with Gasteiger partial charge in [0.1, 0.15) is 0 Å². The molecule has 0 aromatic carbocycles. The summed E-state index contributed by atoms with van der Waals surface area (Å²) in [5, 5.41) is 16.9. The summed E-state index contributed by atoms with van der Waals surface area (Å²) in [5.41, 5.74) is 5.32. The van der Waals surface area contributed by atoms with Crippen molar-refractivity contribution in [2.24, 2.45) is 5.73 Å². The fourth-order valence-corrected chi connectivity index (χ4v) is 1.10. The summed E-state index contributed by atoms with van der Waals surface area (Å²) in [6.45, 7) is 1.65. The van der Waals surface area contributed by atoms with Gasteiger partial charge in [-0.3, -0.25) is 14.5 Å². The predicted molar refractivity (Wildman–Crippen MR) is 62.0 cm³/mol. The van der Waals surface area contributed by atoms with Crippen molar-refractivity contribution in [1.29, 1.82) is 0 Å². The first-order valence-electron chi connectivity index (χ1n) is 5.00. The molecule has 7 nitrogen and oxygen atoms in total. The number of rotatable bonds is 10. The largest absolute Gasteiger partial charge is 0.481 e. The molecular weight excluding hydrogens is 239 g/mol. The smallest absolute Gasteiger partial charge is 0.317 e. The van der Waals surface area contributed by atoms with E-state index in [0.29, 0.717) is 26.2 Å². The van der Waals surface area contributed by atoms with Crippen LogP contribution < -0.4 is 5.73 Å². The molecule has 0 saturated heterocycles. The van der Waals surface area contributed by atoms with Crippen LogP contribution in [0.15, 0.2) is 0 Å². The second-order valence-corrected chi connectivity index (χ2v) is 3.21. The summed E-state index contributed by atoms with van der Waals surface area (Å²) in [6.07, 6.45) is -0.0458. The van der Waals surface area contributed by atoms with E-state index >= 15 is 0 Å². The minimum Gasteiger partial charge on any atom is -0.481 e. The van der Waals surface area contributed by atoms with Crippen LogP contribution in [0.4, 0.5) is 0 Å². The third-order valence-electron chi connectivity index (χ3n) is 1.82. The molecule has 0 atom stereocenters. The maximum Gasteiger partial charge on any atom is 0.317 e. The molecule has 17 heavy (non-hydrogen) atoms. The number of hydrogen-bond acceptors (Lipinski definition) is 5. The molecule has 1 radical (unpaired) electrons. The van der Waals surface area contributed by atoms with Crippen LogP contribution in [0.3, 0.4) is 0 Å². The van der Waals surface area contributed by atoms with Gasteiger partial charge in [-0.15, -0.1) is 0 Å². The zero-order chi connectivity index (χ0) is 12.4.